The van der Waals surface area contributed by atoms with E-state index in [-0.39, 0.29) is 28.4 Å². The van der Waals surface area contributed by atoms with E-state index in [9.17, 15) is 26.4 Å². The van der Waals surface area contributed by atoms with Crippen LogP contribution in [0.5, 0.6) is 0 Å². The first-order valence-corrected chi connectivity index (χ1v) is 13.1. The lowest BCUT2D eigenvalue weighted by atomic mass is 10.1. The molecule has 34 heavy (non-hydrogen) atoms. The molecule has 2 aromatic carbocycles. The molecule has 0 fully saturated rings. The summed E-state index contributed by atoms with van der Waals surface area (Å²) in [6, 6.07) is 13.5. The number of carbonyl (C=O) groups excluding carboxylic acids is 1. The highest BCUT2D eigenvalue weighted by atomic mass is 32.2. The molecule has 0 aliphatic carbocycles. The zero-order chi connectivity index (χ0) is 25.4. The number of ether oxygens (including phenoxy) is 1. The predicted octanol–water partition coefficient (Wildman–Crippen LogP) is 1.66. The first kappa shape index (κ1) is 27.2. The molecule has 0 spiro atoms. The zero-order valence-electron chi connectivity index (χ0n) is 18.5. The SMILES string of the molecule is C[C@@H](COC(=O)C(=CC(=O)O)C[C@H](C)NS(=O)(=O)c1ccccc1)NS(=O)(=O)c1ccccc1. The molecule has 0 saturated heterocycles. The zero-order valence-corrected chi connectivity index (χ0v) is 20.2. The molecule has 0 unspecified atom stereocenters. The normalized spacial score (nSPS) is 14.2. The molecule has 3 N–H and O–H groups in total. The Labute approximate surface area is 198 Å². The van der Waals surface area contributed by atoms with Gasteiger partial charge in [-0.1, -0.05) is 36.4 Å². The second kappa shape index (κ2) is 11.9. The van der Waals surface area contributed by atoms with Crippen LogP contribution in [-0.2, 0) is 34.4 Å². The van der Waals surface area contributed by atoms with Gasteiger partial charge in [0.05, 0.1) is 15.8 Å². The number of hydrogen-bond donors (Lipinski definition) is 3. The summed E-state index contributed by atoms with van der Waals surface area (Å²) >= 11 is 0. The fourth-order valence-corrected chi connectivity index (χ4v) is 5.43. The molecule has 12 heteroatoms. The Morgan fingerprint density at radius 1 is 0.853 bits per heavy atom. The van der Waals surface area contributed by atoms with E-state index in [0.717, 1.165) is 0 Å². The third-order valence-electron chi connectivity index (χ3n) is 4.37. The van der Waals surface area contributed by atoms with Crippen molar-refractivity contribution in [1.29, 1.82) is 0 Å². The van der Waals surface area contributed by atoms with Gasteiger partial charge in [0.2, 0.25) is 20.0 Å². The van der Waals surface area contributed by atoms with Gasteiger partial charge >= 0.3 is 11.9 Å². The Morgan fingerprint density at radius 2 is 1.29 bits per heavy atom. The summed E-state index contributed by atoms with van der Waals surface area (Å²) in [5.41, 5.74) is -0.283. The number of aliphatic carboxylic acids is 1. The molecule has 0 radical (unpaired) electrons. The second-order valence-corrected chi connectivity index (χ2v) is 10.9. The van der Waals surface area contributed by atoms with Crippen molar-refractivity contribution in [2.75, 3.05) is 6.61 Å². The first-order valence-electron chi connectivity index (χ1n) is 10.2. The molecule has 2 aromatic rings. The maximum absolute atomic E-state index is 12.5. The number of carboxylic acid groups (broad SMARTS) is 1. The van der Waals surface area contributed by atoms with Crippen LogP contribution in [0.3, 0.4) is 0 Å². The number of carboxylic acids is 1. The summed E-state index contributed by atoms with van der Waals surface area (Å²) in [5, 5.41) is 9.10. The van der Waals surface area contributed by atoms with E-state index in [2.05, 4.69) is 9.44 Å². The molecular weight excluding hydrogens is 484 g/mol. The lowest BCUT2D eigenvalue weighted by Gasteiger charge is -2.17. The van der Waals surface area contributed by atoms with E-state index in [4.69, 9.17) is 9.84 Å². The number of carbonyl (C=O) groups is 2. The van der Waals surface area contributed by atoms with Crippen molar-refractivity contribution in [2.45, 2.75) is 42.1 Å². The third kappa shape index (κ3) is 8.37. The van der Waals surface area contributed by atoms with E-state index in [1.807, 2.05) is 0 Å². The summed E-state index contributed by atoms with van der Waals surface area (Å²) in [5.74, 6) is -2.41. The van der Waals surface area contributed by atoms with Gasteiger partial charge in [0.1, 0.15) is 6.61 Å². The fourth-order valence-electron chi connectivity index (χ4n) is 2.91. The minimum atomic E-state index is -3.89. The molecule has 0 aliphatic rings. The molecule has 2 rings (SSSR count). The molecule has 184 valence electrons. The number of nitrogens with one attached hydrogen (secondary N) is 2. The van der Waals surface area contributed by atoms with Crippen LogP contribution in [0.4, 0.5) is 0 Å². The van der Waals surface area contributed by atoms with Gasteiger partial charge in [0.15, 0.2) is 0 Å². The van der Waals surface area contributed by atoms with E-state index in [1.54, 1.807) is 36.4 Å². The van der Waals surface area contributed by atoms with E-state index < -0.39 is 44.1 Å². The summed E-state index contributed by atoms with van der Waals surface area (Å²) in [6.45, 7) is 2.58. The van der Waals surface area contributed by atoms with Crippen LogP contribution in [-0.4, -0.2) is 52.6 Å². The van der Waals surface area contributed by atoms with Crippen molar-refractivity contribution in [1.82, 2.24) is 9.44 Å². The molecule has 0 saturated carbocycles. The molecular formula is C22H26N2O8S2. The van der Waals surface area contributed by atoms with Gasteiger partial charge in [-0.2, -0.15) is 0 Å². The maximum Gasteiger partial charge on any atom is 0.334 e. The molecule has 0 amide bonds. The Bertz CT molecular complexity index is 1230. The Hall–Kier alpha value is -3.06. The van der Waals surface area contributed by atoms with Crippen LogP contribution < -0.4 is 9.44 Å². The standard InChI is InChI=1S/C22H26N2O8S2/c1-16(23-33(28,29)19-9-5-3-6-10-19)13-18(14-21(25)26)22(27)32-15-17(2)24-34(30,31)20-11-7-4-8-12-20/h3-12,14,16-17,23-24H,13,15H2,1-2H3,(H,25,26)/t16-,17-/m0/s1. The minimum Gasteiger partial charge on any atom is -0.478 e. The quantitative estimate of drug-likeness (QED) is 0.288. The first-order chi connectivity index (χ1) is 15.9. The largest absolute Gasteiger partial charge is 0.478 e. The topological polar surface area (TPSA) is 156 Å². The van der Waals surface area contributed by atoms with Crippen LogP contribution in [0, 0.1) is 0 Å². The van der Waals surface area contributed by atoms with E-state index >= 15 is 0 Å². The monoisotopic (exact) mass is 510 g/mol. The van der Waals surface area contributed by atoms with Gasteiger partial charge < -0.3 is 9.84 Å². The Balaban J connectivity index is 2.00. The van der Waals surface area contributed by atoms with Gasteiger partial charge in [-0.25, -0.2) is 35.9 Å². The summed E-state index contributed by atoms with van der Waals surface area (Å²) in [6.07, 6.45) is 0.371. The highest BCUT2D eigenvalue weighted by Crippen LogP contribution is 2.14. The van der Waals surface area contributed by atoms with Crippen LogP contribution in [0.15, 0.2) is 82.1 Å². The van der Waals surface area contributed by atoms with Gasteiger partial charge in [-0.3, -0.25) is 0 Å². The van der Waals surface area contributed by atoms with Gasteiger partial charge in [-0.15, -0.1) is 0 Å². The van der Waals surface area contributed by atoms with E-state index in [0.29, 0.717) is 6.08 Å². The Kier molecular flexibility index (Phi) is 9.50. The number of benzene rings is 2. The number of sulfonamides is 2. The van der Waals surface area contributed by atoms with Crippen molar-refractivity contribution in [3.05, 3.63) is 72.3 Å². The van der Waals surface area contributed by atoms with Crippen LogP contribution in [0.2, 0.25) is 0 Å². The third-order valence-corrected chi connectivity index (χ3v) is 7.58. The van der Waals surface area contributed by atoms with Crippen molar-refractivity contribution in [2.24, 2.45) is 0 Å². The highest BCUT2D eigenvalue weighted by molar-refractivity contribution is 7.89. The Morgan fingerprint density at radius 3 is 1.74 bits per heavy atom. The van der Waals surface area contributed by atoms with Gasteiger partial charge in [0, 0.05) is 17.7 Å². The second-order valence-electron chi connectivity index (χ2n) is 7.48. The summed E-state index contributed by atoms with van der Waals surface area (Å²) in [4.78, 5) is 23.7. The van der Waals surface area contributed by atoms with Crippen LogP contribution in [0.1, 0.15) is 20.3 Å². The molecule has 0 aliphatic heterocycles. The predicted molar refractivity (Wildman–Crippen MR) is 124 cm³/mol. The van der Waals surface area contributed by atoms with Crippen LogP contribution >= 0.6 is 0 Å². The number of hydrogen-bond acceptors (Lipinski definition) is 7. The molecule has 2 atom stereocenters. The van der Waals surface area contributed by atoms with E-state index in [1.165, 1.54) is 38.1 Å². The number of rotatable bonds is 12. The summed E-state index contributed by atoms with van der Waals surface area (Å²) < 4.78 is 59.5. The maximum atomic E-state index is 12.5. The van der Waals surface area contributed by atoms with Crippen molar-refractivity contribution < 1.29 is 36.3 Å². The average molecular weight is 511 g/mol. The minimum absolute atomic E-state index is 0.0210. The highest BCUT2D eigenvalue weighted by Gasteiger charge is 2.23. The molecule has 10 nitrogen and oxygen atoms in total. The molecule has 0 aromatic heterocycles. The molecule has 0 bridgehead atoms. The van der Waals surface area contributed by atoms with Crippen molar-refractivity contribution >= 4 is 32.0 Å². The fraction of sp³-hybridized carbons (Fsp3) is 0.273. The van der Waals surface area contributed by atoms with Crippen molar-refractivity contribution in [3.8, 4) is 0 Å². The van der Waals surface area contributed by atoms with Crippen molar-refractivity contribution in [3.63, 3.8) is 0 Å². The lowest BCUT2D eigenvalue weighted by molar-refractivity contribution is -0.140. The lowest BCUT2D eigenvalue weighted by Crippen LogP contribution is -2.37. The number of esters is 1. The molecule has 0 heterocycles. The van der Waals surface area contributed by atoms with Gasteiger partial charge in [-0.05, 0) is 44.5 Å². The summed E-state index contributed by atoms with van der Waals surface area (Å²) in [7, 11) is -7.72. The smallest absolute Gasteiger partial charge is 0.334 e. The average Bonchev–Trinajstić information content (AvgIpc) is 2.77. The van der Waals surface area contributed by atoms with Crippen LogP contribution in [0.25, 0.3) is 0 Å². The van der Waals surface area contributed by atoms with Gasteiger partial charge in [0.25, 0.3) is 0 Å².